The van der Waals surface area contributed by atoms with Crippen molar-refractivity contribution < 1.29 is 4.79 Å². The molecular weight excluding hydrogens is 200 g/mol. The molecule has 2 atom stereocenters. The SMILES string of the molecule is CC(N)CCC(C)NC(=O)C1CCCCC1. The molecule has 1 aliphatic carbocycles. The highest BCUT2D eigenvalue weighted by Gasteiger charge is 2.21. The topological polar surface area (TPSA) is 55.1 Å². The molecular formula is C13H26N2O. The number of nitrogens with one attached hydrogen (secondary N) is 1. The maximum atomic E-state index is 11.9. The number of carbonyl (C=O) groups excluding carboxylic acids is 1. The molecule has 0 aromatic carbocycles. The Labute approximate surface area is 99.2 Å². The highest BCUT2D eigenvalue weighted by Crippen LogP contribution is 2.23. The van der Waals surface area contributed by atoms with Gasteiger partial charge in [-0.2, -0.15) is 0 Å². The lowest BCUT2D eigenvalue weighted by Gasteiger charge is -2.23. The van der Waals surface area contributed by atoms with E-state index in [9.17, 15) is 4.79 Å². The Morgan fingerprint density at radius 1 is 1.25 bits per heavy atom. The fourth-order valence-electron chi connectivity index (χ4n) is 2.31. The Balaban J connectivity index is 2.21. The van der Waals surface area contributed by atoms with Gasteiger partial charge in [0, 0.05) is 18.0 Å². The van der Waals surface area contributed by atoms with Crippen LogP contribution in [-0.2, 0) is 4.79 Å². The van der Waals surface area contributed by atoms with Crippen molar-refractivity contribution in [2.24, 2.45) is 11.7 Å². The second-order valence-corrected chi connectivity index (χ2v) is 5.30. The summed E-state index contributed by atoms with van der Waals surface area (Å²) < 4.78 is 0. The molecule has 16 heavy (non-hydrogen) atoms. The third-order valence-corrected chi connectivity index (χ3v) is 3.42. The van der Waals surface area contributed by atoms with Crippen molar-refractivity contribution >= 4 is 5.91 Å². The molecule has 3 heteroatoms. The number of hydrogen-bond donors (Lipinski definition) is 2. The summed E-state index contributed by atoms with van der Waals surface area (Å²) in [5, 5.41) is 3.11. The van der Waals surface area contributed by atoms with Crippen molar-refractivity contribution in [3.05, 3.63) is 0 Å². The Morgan fingerprint density at radius 3 is 2.44 bits per heavy atom. The van der Waals surface area contributed by atoms with Crippen LogP contribution in [0.3, 0.4) is 0 Å². The largest absolute Gasteiger partial charge is 0.353 e. The van der Waals surface area contributed by atoms with Crippen molar-refractivity contribution in [1.82, 2.24) is 5.32 Å². The first kappa shape index (κ1) is 13.5. The molecule has 0 spiro atoms. The highest BCUT2D eigenvalue weighted by molar-refractivity contribution is 5.78. The van der Waals surface area contributed by atoms with Crippen molar-refractivity contribution in [3.8, 4) is 0 Å². The number of hydrogen-bond acceptors (Lipinski definition) is 2. The molecule has 1 fully saturated rings. The molecule has 0 aromatic heterocycles. The second kappa shape index (κ2) is 6.89. The first-order valence-corrected chi connectivity index (χ1v) is 6.65. The van der Waals surface area contributed by atoms with Crippen molar-refractivity contribution in [3.63, 3.8) is 0 Å². The Hall–Kier alpha value is -0.570. The predicted molar refractivity (Wildman–Crippen MR) is 67.1 cm³/mol. The van der Waals surface area contributed by atoms with Crippen LogP contribution in [0.1, 0.15) is 58.8 Å². The summed E-state index contributed by atoms with van der Waals surface area (Å²) >= 11 is 0. The first-order chi connectivity index (χ1) is 7.59. The molecule has 3 N–H and O–H groups in total. The molecule has 1 rings (SSSR count). The Kier molecular flexibility index (Phi) is 5.81. The van der Waals surface area contributed by atoms with Crippen LogP contribution in [-0.4, -0.2) is 18.0 Å². The number of carbonyl (C=O) groups is 1. The zero-order chi connectivity index (χ0) is 12.0. The van der Waals surface area contributed by atoms with Crippen LogP contribution in [0.25, 0.3) is 0 Å². The maximum absolute atomic E-state index is 11.9. The fraction of sp³-hybridized carbons (Fsp3) is 0.923. The summed E-state index contributed by atoms with van der Waals surface area (Å²) in [6, 6.07) is 0.495. The summed E-state index contributed by atoms with van der Waals surface area (Å²) in [6.45, 7) is 4.08. The number of amides is 1. The van der Waals surface area contributed by atoms with E-state index in [0.717, 1.165) is 25.7 Å². The Bertz CT molecular complexity index is 210. The van der Waals surface area contributed by atoms with Crippen LogP contribution in [0, 0.1) is 5.92 Å². The summed E-state index contributed by atoms with van der Waals surface area (Å²) in [7, 11) is 0. The van der Waals surface area contributed by atoms with Gasteiger partial charge in [0.2, 0.25) is 5.91 Å². The van der Waals surface area contributed by atoms with Crippen molar-refractivity contribution in [1.29, 1.82) is 0 Å². The molecule has 0 heterocycles. The van der Waals surface area contributed by atoms with E-state index in [1.807, 2.05) is 6.92 Å². The summed E-state index contributed by atoms with van der Waals surface area (Å²) in [6.07, 6.45) is 7.84. The van der Waals surface area contributed by atoms with E-state index >= 15 is 0 Å². The van der Waals surface area contributed by atoms with Gasteiger partial charge in [-0.25, -0.2) is 0 Å². The van der Waals surface area contributed by atoms with Gasteiger partial charge in [0.1, 0.15) is 0 Å². The van der Waals surface area contributed by atoms with Gasteiger partial charge in [-0.1, -0.05) is 19.3 Å². The van der Waals surface area contributed by atoms with E-state index in [0.29, 0.717) is 0 Å². The van der Waals surface area contributed by atoms with Crippen LogP contribution in [0.5, 0.6) is 0 Å². The minimum Gasteiger partial charge on any atom is -0.353 e. The van der Waals surface area contributed by atoms with Gasteiger partial charge in [0.15, 0.2) is 0 Å². The molecule has 94 valence electrons. The average molecular weight is 226 g/mol. The molecule has 2 unspecified atom stereocenters. The van der Waals surface area contributed by atoms with Crippen LogP contribution < -0.4 is 11.1 Å². The third-order valence-electron chi connectivity index (χ3n) is 3.42. The van der Waals surface area contributed by atoms with Crippen LogP contribution in [0.4, 0.5) is 0 Å². The zero-order valence-electron chi connectivity index (χ0n) is 10.7. The predicted octanol–water partition coefficient (Wildman–Crippen LogP) is 2.20. The molecule has 1 saturated carbocycles. The molecule has 1 amide bonds. The van der Waals surface area contributed by atoms with E-state index in [2.05, 4.69) is 12.2 Å². The minimum absolute atomic E-state index is 0.231. The van der Waals surface area contributed by atoms with Crippen LogP contribution in [0.15, 0.2) is 0 Å². The third kappa shape index (κ3) is 4.97. The van der Waals surface area contributed by atoms with Gasteiger partial charge < -0.3 is 11.1 Å². The first-order valence-electron chi connectivity index (χ1n) is 6.65. The normalized spacial score (nSPS) is 21.4. The zero-order valence-corrected chi connectivity index (χ0v) is 10.7. The maximum Gasteiger partial charge on any atom is 0.223 e. The highest BCUT2D eigenvalue weighted by atomic mass is 16.1. The van der Waals surface area contributed by atoms with Crippen LogP contribution >= 0.6 is 0 Å². The van der Waals surface area contributed by atoms with E-state index < -0.39 is 0 Å². The van der Waals surface area contributed by atoms with E-state index in [1.165, 1.54) is 19.3 Å². The molecule has 0 radical (unpaired) electrons. The fourth-order valence-corrected chi connectivity index (χ4v) is 2.31. The monoisotopic (exact) mass is 226 g/mol. The van der Waals surface area contributed by atoms with Gasteiger partial charge in [-0.3, -0.25) is 4.79 Å². The van der Waals surface area contributed by atoms with Crippen molar-refractivity contribution in [2.45, 2.75) is 70.9 Å². The minimum atomic E-state index is 0.231. The number of rotatable bonds is 5. The second-order valence-electron chi connectivity index (χ2n) is 5.30. The molecule has 0 saturated heterocycles. The smallest absolute Gasteiger partial charge is 0.223 e. The van der Waals surface area contributed by atoms with E-state index in [4.69, 9.17) is 5.73 Å². The van der Waals surface area contributed by atoms with E-state index in [-0.39, 0.29) is 23.9 Å². The van der Waals surface area contributed by atoms with Gasteiger partial charge in [0.05, 0.1) is 0 Å². The van der Waals surface area contributed by atoms with Gasteiger partial charge in [0.25, 0.3) is 0 Å². The lowest BCUT2D eigenvalue weighted by Crippen LogP contribution is -2.38. The summed E-state index contributed by atoms with van der Waals surface area (Å²) in [4.78, 5) is 11.9. The molecule has 0 bridgehead atoms. The molecule has 0 aromatic rings. The molecule has 0 aliphatic heterocycles. The van der Waals surface area contributed by atoms with Crippen molar-refractivity contribution in [2.75, 3.05) is 0 Å². The summed E-state index contributed by atoms with van der Waals surface area (Å²) in [5.41, 5.74) is 5.70. The lowest BCUT2D eigenvalue weighted by molar-refractivity contribution is -0.126. The quantitative estimate of drug-likeness (QED) is 0.755. The average Bonchev–Trinajstić information content (AvgIpc) is 2.27. The van der Waals surface area contributed by atoms with Gasteiger partial charge >= 0.3 is 0 Å². The van der Waals surface area contributed by atoms with Gasteiger partial charge in [-0.05, 0) is 39.5 Å². The van der Waals surface area contributed by atoms with E-state index in [1.54, 1.807) is 0 Å². The molecule has 1 aliphatic rings. The Morgan fingerprint density at radius 2 is 1.88 bits per heavy atom. The molecule has 3 nitrogen and oxygen atoms in total. The summed E-state index contributed by atoms with van der Waals surface area (Å²) in [5.74, 6) is 0.531. The van der Waals surface area contributed by atoms with Crippen LogP contribution in [0.2, 0.25) is 0 Å². The lowest BCUT2D eigenvalue weighted by atomic mass is 9.88. The van der Waals surface area contributed by atoms with Gasteiger partial charge in [-0.15, -0.1) is 0 Å². The number of nitrogens with two attached hydrogens (primary N) is 1. The standard InChI is InChI=1S/C13H26N2O/c1-10(14)8-9-11(2)15-13(16)12-6-4-3-5-7-12/h10-12H,3-9,14H2,1-2H3,(H,15,16).